The molecule has 7 heterocycles. The normalized spacial score (nSPS) is 18.3. The quantitative estimate of drug-likeness (QED) is 0.0727. The Balaban J connectivity index is 0.791. The molecule has 6 amide bonds. The standard InChI is InChI=1S/C54H68F2N12O7S/c1-32-47(76-31-60-32)34-12-10-33(11-13-34)25-59-51(72)44-23-38(69)28-67(44)52(73)48(54(2,3)4)62-45(70)9-6-17-58-46(71)30-65-27-36(26-61-65)39-22-35-8-7-18-66(43(35)24-40(39)49(55)56)50-41-29-64(53(74)57-5)19-14-42(41)68(63-50)37-15-20-75-21-16-37/h10-13,22,24,26-27,31,37-38,44,48-49,69H,6-9,14-21,23,25,28-30H2,1-5H3,(H,57,74)(H,58,71)(H,59,72)(H,62,70)/t38-,44+,48-/m1/s1. The van der Waals surface area contributed by atoms with Gasteiger partial charge in [-0.1, -0.05) is 45.0 Å². The Bertz CT molecular complexity index is 2930. The molecule has 5 aromatic rings. The van der Waals surface area contributed by atoms with Gasteiger partial charge in [0.2, 0.25) is 23.6 Å². The third-order valence-corrected chi connectivity index (χ3v) is 15.8. The number of aliphatic hydroxyl groups excluding tert-OH is 1. The number of halogens is 2. The minimum absolute atomic E-state index is 0.0130. The Morgan fingerprint density at radius 1 is 0.987 bits per heavy atom. The van der Waals surface area contributed by atoms with Crippen molar-refractivity contribution in [1.82, 2.24) is 55.6 Å². The SMILES string of the molecule is CNC(=O)N1CCc2c(c(N3CCCc4cc(-c5cnn(CC(=O)NCCCC(=O)N[C@H](C(=O)N6C[C@H](O)C[C@H]6C(=O)NCc6ccc(-c7scnc7C)cc6)C(C)(C)C)c5)c(C(F)F)cc43)nn2C2CCOCC2)C1. The summed E-state index contributed by atoms with van der Waals surface area (Å²) in [7, 11) is 1.60. The summed E-state index contributed by atoms with van der Waals surface area (Å²) < 4.78 is 39.4. The molecular formula is C54H68F2N12O7S. The van der Waals surface area contributed by atoms with E-state index in [1.165, 1.54) is 15.8 Å². The molecule has 0 unspecified atom stereocenters. The first kappa shape index (κ1) is 54.0. The zero-order chi connectivity index (χ0) is 53.8. The van der Waals surface area contributed by atoms with Crippen LogP contribution in [-0.4, -0.2) is 134 Å². The van der Waals surface area contributed by atoms with Crippen LogP contribution in [-0.2, 0) is 56.4 Å². The molecule has 4 aliphatic heterocycles. The number of nitrogens with zero attached hydrogens (tertiary/aromatic N) is 8. The molecule has 3 atom stereocenters. The summed E-state index contributed by atoms with van der Waals surface area (Å²) in [5.41, 5.74) is 8.00. The number of carbonyl (C=O) groups is 5. The number of nitrogens with one attached hydrogen (secondary N) is 4. The number of alkyl halides is 2. The number of β-amino-alcohol motifs (C(OH)–C–C–N with tert-alkyl or cyclic N) is 1. The maximum absolute atomic E-state index is 15.1. The molecule has 5 N–H and O–H groups in total. The average Bonchev–Trinajstić information content (AvgIpc) is 4.26. The number of benzene rings is 2. The van der Waals surface area contributed by atoms with Gasteiger partial charge in [0.1, 0.15) is 18.6 Å². The van der Waals surface area contributed by atoms with Crippen LogP contribution in [0.15, 0.2) is 54.3 Å². The maximum Gasteiger partial charge on any atom is 0.317 e. The lowest BCUT2D eigenvalue weighted by molar-refractivity contribution is -0.144. The van der Waals surface area contributed by atoms with Crippen LogP contribution in [0.1, 0.15) is 105 Å². The number of likely N-dealkylation sites (tertiary alicyclic amines) is 1. The van der Waals surface area contributed by atoms with E-state index in [1.54, 1.807) is 47.1 Å². The van der Waals surface area contributed by atoms with Crippen LogP contribution in [0, 0.1) is 12.3 Å². The first-order valence-corrected chi connectivity index (χ1v) is 27.1. The van der Waals surface area contributed by atoms with Crippen LogP contribution in [0.2, 0.25) is 0 Å². The van der Waals surface area contributed by atoms with Crippen LogP contribution in [0.25, 0.3) is 21.6 Å². The first-order valence-electron chi connectivity index (χ1n) is 26.2. The summed E-state index contributed by atoms with van der Waals surface area (Å²) in [5.74, 6) is -1.01. The van der Waals surface area contributed by atoms with Gasteiger partial charge >= 0.3 is 6.03 Å². The Labute approximate surface area is 444 Å². The number of aryl methyl sites for hydroxylation is 2. The Kier molecular flexibility index (Phi) is 16.5. The third-order valence-electron chi connectivity index (χ3n) is 14.8. The zero-order valence-corrected chi connectivity index (χ0v) is 44.6. The van der Waals surface area contributed by atoms with Gasteiger partial charge < -0.3 is 45.8 Å². The molecule has 0 spiro atoms. The molecule has 76 heavy (non-hydrogen) atoms. The lowest BCUT2D eigenvalue weighted by Crippen LogP contribution is -2.57. The summed E-state index contributed by atoms with van der Waals surface area (Å²) in [6.07, 6.45) is 3.27. The van der Waals surface area contributed by atoms with Crippen molar-refractivity contribution in [2.45, 2.75) is 129 Å². The van der Waals surface area contributed by atoms with Crippen LogP contribution >= 0.6 is 11.3 Å². The molecule has 2 fully saturated rings. The predicted molar refractivity (Wildman–Crippen MR) is 282 cm³/mol. The number of rotatable bonds is 16. The number of carbonyl (C=O) groups excluding carboxylic acids is 5. The molecule has 2 saturated heterocycles. The zero-order valence-electron chi connectivity index (χ0n) is 43.7. The van der Waals surface area contributed by atoms with E-state index in [0.29, 0.717) is 68.3 Å². The smallest absolute Gasteiger partial charge is 0.317 e. The Hall–Kier alpha value is -6.78. The van der Waals surface area contributed by atoms with E-state index in [0.717, 1.165) is 57.8 Å². The Morgan fingerprint density at radius 2 is 1.76 bits per heavy atom. The fraction of sp³-hybridized carbons (Fsp3) is 0.519. The van der Waals surface area contributed by atoms with Crippen molar-refractivity contribution >= 4 is 52.5 Å². The van der Waals surface area contributed by atoms with Gasteiger partial charge in [0.15, 0.2) is 5.82 Å². The molecule has 19 nitrogen and oxygen atoms in total. The second kappa shape index (κ2) is 23.2. The van der Waals surface area contributed by atoms with Gasteiger partial charge in [-0.2, -0.15) is 10.2 Å². The molecule has 22 heteroatoms. The van der Waals surface area contributed by atoms with Crippen LogP contribution < -0.4 is 26.2 Å². The first-order chi connectivity index (χ1) is 36.5. The molecule has 0 aliphatic carbocycles. The highest BCUT2D eigenvalue weighted by molar-refractivity contribution is 7.13. The maximum atomic E-state index is 15.1. The van der Waals surface area contributed by atoms with E-state index < -0.39 is 53.7 Å². The number of thiazole rings is 1. The number of anilines is 2. The number of aromatic nitrogens is 5. The molecular weight excluding hydrogens is 999 g/mol. The van der Waals surface area contributed by atoms with Gasteiger partial charge in [-0.15, -0.1) is 11.3 Å². The second-order valence-corrected chi connectivity index (χ2v) is 22.1. The van der Waals surface area contributed by atoms with Crippen molar-refractivity contribution in [2.24, 2.45) is 5.41 Å². The van der Waals surface area contributed by atoms with Crippen molar-refractivity contribution in [2.75, 3.05) is 51.3 Å². The van der Waals surface area contributed by atoms with E-state index >= 15 is 8.78 Å². The largest absolute Gasteiger partial charge is 0.391 e. The number of hydrogen-bond acceptors (Lipinski definition) is 12. The highest BCUT2D eigenvalue weighted by Gasteiger charge is 2.44. The van der Waals surface area contributed by atoms with Crippen LogP contribution in [0.3, 0.4) is 0 Å². The summed E-state index contributed by atoms with van der Waals surface area (Å²) in [5, 5.41) is 31.5. The van der Waals surface area contributed by atoms with Crippen molar-refractivity contribution in [1.29, 1.82) is 0 Å². The van der Waals surface area contributed by atoms with Crippen molar-refractivity contribution in [3.63, 3.8) is 0 Å². The van der Waals surface area contributed by atoms with Crippen LogP contribution in [0.4, 0.5) is 25.1 Å². The molecule has 3 aromatic heterocycles. The fourth-order valence-corrected chi connectivity index (χ4v) is 11.6. The number of amides is 6. The minimum Gasteiger partial charge on any atom is -0.391 e. The van der Waals surface area contributed by atoms with Gasteiger partial charge in [0, 0.05) is 107 Å². The highest BCUT2D eigenvalue weighted by atomic mass is 32.1. The van der Waals surface area contributed by atoms with Gasteiger partial charge in [-0.05, 0) is 78.8 Å². The van der Waals surface area contributed by atoms with E-state index in [4.69, 9.17) is 9.84 Å². The van der Waals surface area contributed by atoms with E-state index in [1.807, 2.05) is 56.9 Å². The van der Waals surface area contributed by atoms with E-state index in [9.17, 15) is 29.1 Å². The summed E-state index contributed by atoms with van der Waals surface area (Å²) >= 11 is 1.56. The summed E-state index contributed by atoms with van der Waals surface area (Å²) in [6.45, 7) is 10.2. The number of hydrogen-bond donors (Lipinski definition) is 5. The number of aliphatic hydroxyl groups is 1. The number of ether oxygens (including phenoxy) is 1. The Morgan fingerprint density at radius 3 is 2.47 bits per heavy atom. The monoisotopic (exact) mass is 1070 g/mol. The van der Waals surface area contributed by atoms with Crippen LogP contribution in [0.5, 0.6) is 0 Å². The third kappa shape index (κ3) is 11.9. The topological polar surface area (TPSA) is 221 Å². The van der Waals surface area contributed by atoms with Gasteiger partial charge in [0.25, 0.3) is 6.43 Å². The fourth-order valence-electron chi connectivity index (χ4n) is 10.8. The average molecular weight is 1070 g/mol. The minimum atomic E-state index is -2.82. The van der Waals surface area contributed by atoms with Crippen molar-refractivity contribution in [3.05, 3.63) is 87.9 Å². The molecule has 0 bridgehead atoms. The van der Waals surface area contributed by atoms with E-state index in [2.05, 4.69) is 36.0 Å². The lowest BCUT2D eigenvalue weighted by Gasteiger charge is -2.35. The van der Waals surface area contributed by atoms with Crippen molar-refractivity contribution < 1.29 is 42.6 Å². The number of fused-ring (bicyclic) bond motifs is 2. The van der Waals surface area contributed by atoms with Gasteiger partial charge in [-0.3, -0.25) is 28.5 Å². The highest BCUT2D eigenvalue weighted by Crippen LogP contribution is 2.44. The molecule has 0 radical (unpaired) electrons. The molecule has 0 saturated carbocycles. The van der Waals surface area contributed by atoms with Gasteiger partial charge in [0.05, 0.1) is 41.0 Å². The predicted octanol–water partition coefficient (Wildman–Crippen LogP) is 5.95. The van der Waals surface area contributed by atoms with Gasteiger partial charge in [-0.25, -0.2) is 18.6 Å². The lowest BCUT2D eigenvalue weighted by atomic mass is 9.85. The molecule has 406 valence electrons. The second-order valence-electron chi connectivity index (χ2n) is 21.2. The molecule has 4 aliphatic rings. The molecule has 9 rings (SSSR count). The number of urea groups is 1. The molecule has 2 aromatic carbocycles. The summed E-state index contributed by atoms with van der Waals surface area (Å²) in [6, 6.07) is 9.16. The summed E-state index contributed by atoms with van der Waals surface area (Å²) in [4.78, 5) is 77.5. The van der Waals surface area contributed by atoms with Crippen molar-refractivity contribution in [3.8, 4) is 21.6 Å². The van der Waals surface area contributed by atoms with E-state index in [-0.39, 0.29) is 63.1 Å².